The van der Waals surface area contributed by atoms with Crippen LogP contribution in [0.15, 0.2) is 0 Å². The summed E-state index contributed by atoms with van der Waals surface area (Å²) in [6.45, 7) is 4.90. The van der Waals surface area contributed by atoms with Crippen molar-refractivity contribution >= 4 is 12.1 Å². The zero-order valence-corrected chi connectivity index (χ0v) is 7.87. The van der Waals surface area contributed by atoms with E-state index in [0.29, 0.717) is 26.2 Å². The van der Waals surface area contributed by atoms with Crippen LogP contribution in [0.4, 0.5) is 4.79 Å². The molecule has 0 saturated carbocycles. The van der Waals surface area contributed by atoms with Gasteiger partial charge in [0.1, 0.15) is 13.2 Å². The van der Waals surface area contributed by atoms with Crippen LogP contribution in [-0.4, -0.2) is 31.9 Å². The summed E-state index contributed by atoms with van der Waals surface area (Å²) in [5.74, 6) is -0.123. The van der Waals surface area contributed by atoms with Gasteiger partial charge in [0.15, 0.2) is 0 Å². The molecule has 0 amide bonds. The zero-order valence-electron chi connectivity index (χ0n) is 7.87. The Morgan fingerprint density at radius 3 is 2.08 bits per heavy atom. The minimum absolute atomic E-state index is 0.123. The molecule has 1 saturated heterocycles. The van der Waals surface area contributed by atoms with Gasteiger partial charge in [0.05, 0.1) is 6.61 Å². The molecule has 0 aromatic carbocycles. The van der Waals surface area contributed by atoms with Crippen LogP contribution >= 0.6 is 0 Å². The first kappa shape index (κ1) is 11.7. The lowest BCUT2D eigenvalue weighted by atomic mass is 10.5. The van der Waals surface area contributed by atoms with Gasteiger partial charge in [-0.05, 0) is 6.92 Å². The third-order valence-electron chi connectivity index (χ3n) is 1.12. The lowest BCUT2D eigenvalue weighted by Crippen LogP contribution is -2.00. The molecule has 76 valence electrons. The Morgan fingerprint density at radius 1 is 1.38 bits per heavy atom. The van der Waals surface area contributed by atoms with E-state index in [1.807, 2.05) is 0 Å². The minimum atomic E-state index is -0.546. The second-order valence-corrected chi connectivity index (χ2v) is 2.11. The van der Waals surface area contributed by atoms with E-state index in [1.165, 1.54) is 0 Å². The predicted molar refractivity (Wildman–Crippen MR) is 44.2 cm³/mol. The fourth-order valence-corrected chi connectivity index (χ4v) is 0.555. The average Bonchev–Trinajstić information content (AvgIpc) is 2.57. The molecule has 1 aliphatic heterocycles. The van der Waals surface area contributed by atoms with Gasteiger partial charge in [-0.1, -0.05) is 6.92 Å². The van der Waals surface area contributed by atoms with Crippen molar-refractivity contribution in [3.8, 4) is 0 Å². The molecule has 0 unspecified atom stereocenters. The molecule has 0 spiro atoms. The number of hydrogen-bond donors (Lipinski definition) is 0. The van der Waals surface area contributed by atoms with Gasteiger partial charge >= 0.3 is 12.1 Å². The van der Waals surface area contributed by atoms with Gasteiger partial charge in [-0.15, -0.1) is 0 Å². The number of cyclic esters (lactones) is 2. The molecule has 1 fully saturated rings. The SMILES string of the molecule is CCOC(=O)CC.O=C1OCCO1. The maximum atomic E-state index is 10.2. The Balaban J connectivity index is 0.000000223. The van der Waals surface area contributed by atoms with Gasteiger partial charge in [0, 0.05) is 6.42 Å². The van der Waals surface area contributed by atoms with Gasteiger partial charge in [-0.25, -0.2) is 4.79 Å². The topological polar surface area (TPSA) is 61.8 Å². The molecule has 0 N–H and O–H groups in total. The summed E-state index contributed by atoms with van der Waals surface area (Å²) in [4.78, 5) is 20.0. The van der Waals surface area contributed by atoms with Gasteiger partial charge in [-0.3, -0.25) is 4.79 Å². The van der Waals surface area contributed by atoms with Crippen LogP contribution in [0, 0.1) is 0 Å². The highest BCUT2D eigenvalue weighted by Gasteiger charge is 2.09. The highest BCUT2D eigenvalue weighted by molar-refractivity contribution is 5.68. The summed E-state index contributed by atoms with van der Waals surface area (Å²) < 4.78 is 13.1. The average molecular weight is 190 g/mol. The van der Waals surface area contributed by atoms with Crippen molar-refractivity contribution in [2.45, 2.75) is 20.3 Å². The number of hydrogen-bond acceptors (Lipinski definition) is 5. The van der Waals surface area contributed by atoms with E-state index in [0.717, 1.165) is 0 Å². The molecule has 5 nitrogen and oxygen atoms in total. The number of carbonyl (C=O) groups excluding carboxylic acids is 2. The van der Waals surface area contributed by atoms with Gasteiger partial charge < -0.3 is 14.2 Å². The largest absolute Gasteiger partial charge is 0.508 e. The van der Waals surface area contributed by atoms with Crippen LogP contribution in [-0.2, 0) is 19.0 Å². The summed E-state index contributed by atoms with van der Waals surface area (Å²) >= 11 is 0. The maximum Gasteiger partial charge on any atom is 0.508 e. The lowest BCUT2D eigenvalue weighted by Gasteiger charge is -1.93. The van der Waals surface area contributed by atoms with Crippen LogP contribution < -0.4 is 0 Å². The third-order valence-corrected chi connectivity index (χ3v) is 1.12. The highest BCUT2D eigenvalue weighted by Crippen LogP contribution is 1.92. The molecular weight excluding hydrogens is 176 g/mol. The van der Waals surface area contributed by atoms with E-state index in [9.17, 15) is 9.59 Å². The Bertz CT molecular complexity index is 158. The van der Waals surface area contributed by atoms with E-state index >= 15 is 0 Å². The first-order valence-electron chi connectivity index (χ1n) is 4.15. The van der Waals surface area contributed by atoms with E-state index in [-0.39, 0.29) is 5.97 Å². The van der Waals surface area contributed by atoms with Gasteiger partial charge in [0.25, 0.3) is 0 Å². The number of ether oxygens (including phenoxy) is 3. The van der Waals surface area contributed by atoms with E-state index < -0.39 is 6.16 Å². The first-order chi connectivity index (χ1) is 6.20. The molecule has 0 aromatic rings. The van der Waals surface area contributed by atoms with Crippen molar-refractivity contribution in [3.05, 3.63) is 0 Å². The fourth-order valence-electron chi connectivity index (χ4n) is 0.555. The number of rotatable bonds is 2. The van der Waals surface area contributed by atoms with Crippen molar-refractivity contribution in [3.63, 3.8) is 0 Å². The number of esters is 1. The molecule has 0 bridgehead atoms. The lowest BCUT2D eigenvalue weighted by molar-refractivity contribution is -0.142. The van der Waals surface area contributed by atoms with Crippen molar-refractivity contribution < 1.29 is 23.8 Å². The van der Waals surface area contributed by atoms with E-state index in [4.69, 9.17) is 0 Å². The van der Waals surface area contributed by atoms with Crippen molar-refractivity contribution in [1.29, 1.82) is 0 Å². The molecule has 1 aliphatic rings. The molecular formula is C8H14O5. The highest BCUT2D eigenvalue weighted by atomic mass is 16.8. The summed E-state index contributed by atoms with van der Waals surface area (Å²) in [5.41, 5.74) is 0. The van der Waals surface area contributed by atoms with Crippen molar-refractivity contribution in [2.75, 3.05) is 19.8 Å². The molecule has 1 heterocycles. The number of carbonyl (C=O) groups is 2. The zero-order chi connectivity index (χ0) is 10.1. The summed E-state index contributed by atoms with van der Waals surface area (Å²) in [6.07, 6.45) is -0.0663. The van der Waals surface area contributed by atoms with Crippen LogP contribution in [0.5, 0.6) is 0 Å². The predicted octanol–water partition coefficient (Wildman–Crippen LogP) is 1.11. The van der Waals surface area contributed by atoms with Crippen LogP contribution in [0.2, 0.25) is 0 Å². The summed E-state index contributed by atoms with van der Waals surface area (Å²) in [6, 6.07) is 0. The van der Waals surface area contributed by atoms with E-state index in [2.05, 4.69) is 14.2 Å². The van der Waals surface area contributed by atoms with Crippen molar-refractivity contribution in [1.82, 2.24) is 0 Å². The van der Waals surface area contributed by atoms with Crippen LogP contribution in [0.3, 0.4) is 0 Å². The van der Waals surface area contributed by atoms with E-state index in [1.54, 1.807) is 13.8 Å². The normalized spacial score (nSPS) is 13.5. The minimum Gasteiger partial charge on any atom is -0.466 e. The third kappa shape index (κ3) is 7.11. The standard InChI is InChI=1S/C5H10O2.C3H4O3/c1-3-5(6)7-4-2;4-3-5-1-2-6-3/h3-4H2,1-2H3;1-2H2. The smallest absolute Gasteiger partial charge is 0.466 e. The molecule has 1 rings (SSSR count). The van der Waals surface area contributed by atoms with Crippen LogP contribution in [0.1, 0.15) is 20.3 Å². The second-order valence-electron chi connectivity index (χ2n) is 2.11. The maximum absolute atomic E-state index is 10.2. The Kier molecular flexibility index (Phi) is 6.68. The molecule has 0 atom stereocenters. The molecule has 0 aliphatic carbocycles. The monoisotopic (exact) mass is 190 g/mol. The first-order valence-corrected chi connectivity index (χ1v) is 4.15. The Morgan fingerprint density at radius 2 is 1.92 bits per heavy atom. The van der Waals surface area contributed by atoms with Crippen molar-refractivity contribution in [2.24, 2.45) is 0 Å². The molecule has 0 radical (unpaired) electrons. The fraction of sp³-hybridized carbons (Fsp3) is 0.750. The Labute approximate surface area is 77.0 Å². The quantitative estimate of drug-likeness (QED) is 0.610. The Hall–Kier alpha value is -1.26. The van der Waals surface area contributed by atoms with Gasteiger partial charge in [-0.2, -0.15) is 0 Å². The summed E-state index contributed by atoms with van der Waals surface area (Å²) in [5, 5.41) is 0. The summed E-state index contributed by atoms with van der Waals surface area (Å²) in [7, 11) is 0. The second kappa shape index (κ2) is 7.39. The molecule has 5 heteroatoms. The van der Waals surface area contributed by atoms with Crippen LogP contribution in [0.25, 0.3) is 0 Å². The molecule has 0 aromatic heterocycles. The molecule has 13 heavy (non-hydrogen) atoms. The van der Waals surface area contributed by atoms with Gasteiger partial charge in [0.2, 0.25) is 0 Å².